The van der Waals surface area contributed by atoms with Gasteiger partial charge in [0.25, 0.3) is 5.79 Å². The fraction of sp³-hybridized carbons (Fsp3) is 0.773. The Morgan fingerprint density at radius 3 is 2.43 bits per heavy atom. The smallest absolute Gasteiger partial charge is 0.364 e. The highest BCUT2D eigenvalue weighted by atomic mass is 32.2. The van der Waals surface area contributed by atoms with Crippen molar-refractivity contribution in [3.8, 4) is 0 Å². The van der Waals surface area contributed by atoms with Gasteiger partial charge in [-0.05, 0) is 56.3 Å². The lowest BCUT2D eigenvalue weighted by atomic mass is 9.87. The van der Waals surface area contributed by atoms with Gasteiger partial charge in [-0.3, -0.25) is 4.21 Å². The van der Waals surface area contributed by atoms with E-state index in [0.717, 1.165) is 31.4 Å². The number of rotatable bonds is 14. The zero-order chi connectivity index (χ0) is 21.0. The number of carbonyl (C=O) groups is 1. The average molecular weight is 415 g/mol. The maximum atomic E-state index is 11.7. The predicted molar refractivity (Wildman–Crippen MR) is 114 cm³/mol. The number of hydrogen-bond donors (Lipinski definition) is 3. The van der Waals surface area contributed by atoms with Gasteiger partial charge < -0.3 is 15.3 Å². The largest absolute Gasteiger partial charge is 0.477 e. The Bertz CT molecular complexity index is 541. The molecule has 0 amide bonds. The van der Waals surface area contributed by atoms with Crippen molar-refractivity contribution in [2.45, 2.75) is 76.9 Å². The van der Waals surface area contributed by atoms with E-state index in [9.17, 15) is 19.2 Å². The van der Waals surface area contributed by atoms with E-state index in [4.69, 9.17) is 5.11 Å². The summed E-state index contributed by atoms with van der Waals surface area (Å²) in [6.45, 7) is 2.21. The third-order valence-electron chi connectivity index (χ3n) is 5.64. The first-order valence-corrected chi connectivity index (χ1v) is 12.3. The van der Waals surface area contributed by atoms with Crippen molar-refractivity contribution in [2.75, 3.05) is 12.0 Å². The molecule has 1 rings (SSSR count). The molecule has 1 saturated carbocycles. The van der Waals surface area contributed by atoms with Gasteiger partial charge in [0.1, 0.15) is 0 Å². The molecule has 0 saturated heterocycles. The molecule has 5 nitrogen and oxygen atoms in total. The summed E-state index contributed by atoms with van der Waals surface area (Å²) in [7, 11) is -0.789. The SMILES string of the molecule is CCCCCC/C=C/[C@@H]1[C@@H](C/C=C\CCC(O)(O)C(=O)O)CC[C@H]1CS(C)=O. The third kappa shape index (κ3) is 9.48. The Balaban J connectivity index is 2.54. The molecular weight excluding hydrogens is 376 g/mol. The predicted octanol–water partition coefficient (Wildman–Crippen LogP) is 4.03. The van der Waals surface area contributed by atoms with Gasteiger partial charge in [0.2, 0.25) is 0 Å². The summed E-state index contributed by atoms with van der Waals surface area (Å²) in [5.74, 6) is -2.11. The molecule has 0 aliphatic heterocycles. The van der Waals surface area contributed by atoms with Crippen LogP contribution in [0, 0.1) is 17.8 Å². The van der Waals surface area contributed by atoms with Crippen LogP contribution in [0.25, 0.3) is 0 Å². The van der Waals surface area contributed by atoms with Crippen LogP contribution in [0.3, 0.4) is 0 Å². The van der Waals surface area contributed by atoms with E-state index in [1.54, 1.807) is 6.26 Å². The van der Waals surface area contributed by atoms with E-state index >= 15 is 0 Å². The summed E-state index contributed by atoms with van der Waals surface area (Å²) in [5.41, 5.74) is 0. The van der Waals surface area contributed by atoms with E-state index in [2.05, 4.69) is 19.1 Å². The fourth-order valence-corrected chi connectivity index (χ4v) is 5.00. The first-order valence-electron chi connectivity index (χ1n) is 10.6. The van der Waals surface area contributed by atoms with Gasteiger partial charge in [-0.2, -0.15) is 0 Å². The molecule has 0 aromatic carbocycles. The highest BCUT2D eigenvalue weighted by Crippen LogP contribution is 2.40. The third-order valence-corrected chi connectivity index (χ3v) is 6.53. The van der Waals surface area contributed by atoms with Crippen molar-refractivity contribution in [1.82, 2.24) is 0 Å². The van der Waals surface area contributed by atoms with E-state index in [1.807, 2.05) is 12.2 Å². The highest BCUT2D eigenvalue weighted by Gasteiger charge is 2.34. The van der Waals surface area contributed by atoms with Crippen molar-refractivity contribution in [3.05, 3.63) is 24.3 Å². The summed E-state index contributed by atoms with van der Waals surface area (Å²) in [6.07, 6.45) is 19.6. The van der Waals surface area contributed by atoms with Gasteiger partial charge in [-0.25, -0.2) is 4.79 Å². The minimum absolute atomic E-state index is 0.220. The van der Waals surface area contributed by atoms with Gasteiger partial charge in [0.15, 0.2) is 0 Å². The van der Waals surface area contributed by atoms with Crippen molar-refractivity contribution in [2.24, 2.45) is 17.8 Å². The maximum absolute atomic E-state index is 11.7. The number of carboxylic acid groups (broad SMARTS) is 1. The lowest BCUT2D eigenvalue weighted by molar-refractivity contribution is -0.205. The molecule has 3 N–H and O–H groups in total. The zero-order valence-electron chi connectivity index (χ0n) is 17.4. The van der Waals surface area contributed by atoms with Crippen LogP contribution in [0.4, 0.5) is 0 Å². The second-order valence-electron chi connectivity index (χ2n) is 8.06. The molecule has 0 aromatic rings. The first kappa shape index (κ1) is 25.1. The van der Waals surface area contributed by atoms with Crippen LogP contribution < -0.4 is 0 Å². The molecule has 1 aliphatic rings. The van der Waals surface area contributed by atoms with Gasteiger partial charge in [0, 0.05) is 29.2 Å². The van der Waals surface area contributed by atoms with Crippen molar-refractivity contribution in [3.63, 3.8) is 0 Å². The fourth-order valence-electron chi connectivity index (χ4n) is 4.01. The van der Waals surface area contributed by atoms with Gasteiger partial charge in [0.05, 0.1) is 0 Å². The number of allylic oxidation sites excluding steroid dienone is 4. The van der Waals surface area contributed by atoms with Crippen molar-refractivity contribution >= 4 is 16.8 Å². The van der Waals surface area contributed by atoms with E-state index in [0.29, 0.717) is 24.2 Å². The Hall–Kier alpha value is -0.980. The molecule has 0 spiro atoms. The molecule has 162 valence electrons. The summed E-state index contributed by atoms with van der Waals surface area (Å²) in [4.78, 5) is 10.7. The monoisotopic (exact) mass is 414 g/mol. The Kier molecular flexibility index (Phi) is 11.9. The second-order valence-corrected chi connectivity index (χ2v) is 9.54. The van der Waals surface area contributed by atoms with Crippen LogP contribution in [0.15, 0.2) is 24.3 Å². The Labute approximate surface area is 172 Å². The van der Waals surface area contributed by atoms with Gasteiger partial charge >= 0.3 is 5.97 Å². The van der Waals surface area contributed by atoms with Crippen LogP contribution in [0.5, 0.6) is 0 Å². The molecule has 4 atom stereocenters. The first-order chi connectivity index (χ1) is 13.3. The maximum Gasteiger partial charge on any atom is 0.364 e. The number of hydrogen-bond acceptors (Lipinski definition) is 4. The van der Waals surface area contributed by atoms with E-state index < -0.39 is 22.6 Å². The molecule has 28 heavy (non-hydrogen) atoms. The Morgan fingerprint density at radius 1 is 1.07 bits per heavy atom. The van der Waals surface area contributed by atoms with E-state index in [1.165, 1.54) is 25.7 Å². The molecule has 0 aromatic heterocycles. The van der Waals surface area contributed by atoms with Crippen LogP contribution in [-0.4, -0.2) is 43.3 Å². The minimum atomic E-state index is -2.66. The molecule has 1 unspecified atom stereocenters. The summed E-state index contributed by atoms with van der Waals surface area (Å²) < 4.78 is 11.7. The molecule has 6 heteroatoms. The second kappa shape index (κ2) is 13.3. The number of carboxylic acids is 1. The summed E-state index contributed by atoms with van der Waals surface area (Å²) in [5, 5.41) is 27.3. The zero-order valence-corrected chi connectivity index (χ0v) is 18.2. The summed E-state index contributed by atoms with van der Waals surface area (Å²) >= 11 is 0. The van der Waals surface area contributed by atoms with Crippen molar-refractivity contribution in [1.29, 1.82) is 0 Å². The molecule has 1 aliphatic carbocycles. The quantitative estimate of drug-likeness (QED) is 0.227. The lowest BCUT2D eigenvalue weighted by Gasteiger charge is -2.20. The van der Waals surface area contributed by atoms with Crippen molar-refractivity contribution < 1.29 is 24.3 Å². The lowest BCUT2D eigenvalue weighted by Crippen LogP contribution is -2.37. The van der Waals surface area contributed by atoms with E-state index in [-0.39, 0.29) is 6.42 Å². The Morgan fingerprint density at radius 2 is 1.79 bits per heavy atom. The normalized spacial score (nSPS) is 24.4. The van der Waals surface area contributed by atoms with Crippen LogP contribution in [-0.2, 0) is 15.6 Å². The molecule has 0 radical (unpaired) electrons. The molecule has 1 fully saturated rings. The average Bonchev–Trinajstić information content (AvgIpc) is 2.98. The highest BCUT2D eigenvalue weighted by molar-refractivity contribution is 7.84. The van der Waals surface area contributed by atoms with Crippen LogP contribution >= 0.6 is 0 Å². The van der Waals surface area contributed by atoms with Gasteiger partial charge in [-0.15, -0.1) is 0 Å². The van der Waals surface area contributed by atoms with Gasteiger partial charge in [-0.1, -0.05) is 50.5 Å². The topological polar surface area (TPSA) is 94.8 Å². The standard InChI is InChI=1S/C22H38O5S/c1-3-4-5-6-7-10-13-20-18(14-15-19(20)17-28(2)27)12-9-8-11-16-22(25,26)21(23)24/h8-10,13,18-20,25-26H,3-7,11-12,14-17H2,1-2H3,(H,23,24)/b9-8-,13-10+/t18-,19-,20+,28?/m0/s1. The van der Waals surface area contributed by atoms with Crippen LogP contribution in [0.2, 0.25) is 0 Å². The summed E-state index contributed by atoms with van der Waals surface area (Å²) in [6, 6.07) is 0. The molecular formula is C22H38O5S. The number of aliphatic hydroxyl groups is 2. The van der Waals surface area contributed by atoms with Crippen LogP contribution in [0.1, 0.15) is 71.1 Å². The number of aliphatic carboxylic acids is 1. The minimum Gasteiger partial charge on any atom is -0.477 e. The number of unbranched alkanes of at least 4 members (excludes halogenated alkanes) is 4. The molecule has 0 heterocycles. The molecule has 0 bridgehead atoms.